The maximum absolute atomic E-state index is 10.6. The van der Waals surface area contributed by atoms with Crippen LogP contribution in [0.15, 0.2) is 12.7 Å². The van der Waals surface area contributed by atoms with Crippen LogP contribution in [0.3, 0.4) is 0 Å². The molecule has 0 atom stereocenters. The lowest BCUT2D eigenvalue weighted by Crippen LogP contribution is -2.02. The summed E-state index contributed by atoms with van der Waals surface area (Å²) < 4.78 is 11.3. The largest absolute Gasteiger partial charge is 0.466 e. The van der Waals surface area contributed by atoms with Crippen LogP contribution in [0.1, 0.15) is 21.1 Å². The van der Waals surface area contributed by atoms with Crippen molar-refractivity contribution in [3.05, 3.63) is 12.7 Å². The number of rotatable bonds is 4. The van der Waals surface area contributed by atoms with Crippen LogP contribution < -0.4 is 0 Å². The van der Waals surface area contributed by atoms with Crippen LogP contribution in [0.2, 0.25) is 0 Å². The molecule has 2 nitrogen and oxygen atoms in total. The van der Waals surface area contributed by atoms with E-state index in [0.717, 1.165) is 0 Å². The van der Waals surface area contributed by atoms with E-state index in [-0.39, 0.29) is 19.5 Å². The summed E-state index contributed by atoms with van der Waals surface area (Å²) in [6.07, 6.45) is 2.70. The second-order valence-corrected chi connectivity index (χ2v) is 1.55. The van der Waals surface area contributed by atoms with E-state index in [0.29, 0.717) is 12.8 Å². The second-order valence-electron chi connectivity index (χ2n) is 1.55. The molecule has 0 heterocycles. The number of carbonyl (C=O) groups is 1. The van der Waals surface area contributed by atoms with Gasteiger partial charge in [0, 0.05) is 7.79 Å². The zero-order valence-corrected chi connectivity index (χ0v) is 5.43. The van der Waals surface area contributed by atoms with E-state index in [1.54, 1.807) is 6.08 Å². The van der Waals surface area contributed by atoms with Gasteiger partial charge in [0.25, 0.3) is 0 Å². The van der Waals surface area contributed by atoms with Gasteiger partial charge in [0.1, 0.15) is 0 Å². The molecule has 0 spiro atoms. The highest BCUT2D eigenvalue weighted by molar-refractivity contribution is 5.69. The average molecular weight is 130 g/mol. The first-order chi connectivity index (χ1) is 4.81. The summed E-state index contributed by atoms with van der Waals surface area (Å²) in [5, 5.41) is 0. The van der Waals surface area contributed by atoms with Gasteiger partial charge in [0.15, 0.2) is 0 Å². The molecule has 0 unspecified atom stereocenters. The summed E-state index contributed by atoms with van der Waals surface area (Å²) in [6, 6.07) is 0. The molecule has 9 heavy (non-hydrogen) atoms. The minimum Gasteiger partial charge on any atom is -0.466 e. The van der Waals surface area contributed by atoms with Crippen molar-refractivity contribution in [3.8, 4) is 0 Å². The van der Waals surface area contributed by atoms with Crippen molar-refractivity contribution in [1.29, 1.82) is 0 Å². The highest BCUT2D eigenvalue weighted by Gasteiger charge is 1.96. The number of ether oxygens (including phenoxy) is 1. The topological polar surface area (TPSA) is 26.3 Å². The van der Waals surface area contributed by atoms with Crippen LogP contribution in [0, 0.1) is 0 Å². The first-order valence-electron chi connectivity index (χ1n) is 3.57. The van der Waals surface area contributed by atoms with E-state index in [9.17, 15) is 4.79 Å². The molecule has 0 rings (SSSR count). The molecule has 0 aromatic carbocycles. The van der Waals surface area contributed by atoms with Gasteiger partial charge in [-0.3, -0.25) is 4.79 Å². The predicted octanol–water partition coefficient (Wildman–Crippen LogP) is 1.52. The molecule has 0 N–H and O–H groups in total. The monoisotopic (exact) mass is 130 g/mol. The van der Waals surface area contributed by atoms with E-state index >= 15 is 0 Å². The van der Waals surface area contributed by atoms with E-state index < -0.39 is 0 Å². The maximum Gasteiger partial charge on any atom is 0.306 e. The molecule has 0 aliphatic rings. The first-order valence-corrected chi connectivity index (χ1v) is 2.87. The van der Waals surface area contributed by atoms with Crippen LogP contribution in [0.25, 0.3) is 0 Å². The Balaban J connectivity index is 3.16. The lowest BCUT2D eigenvalue weighted by molar-refractivity contribution is -0.142. The van der Waals surface area contributed by atoms with Crippen LogP contribution in [-0.4, -0.2) is 12.6 Å². The maximum atomic E-state index is 10.6. The van der Waals surface area contributed by atoms with Gasteiger partial charge < -0.3 is 4.74 Å². The van der Waals surface area contributed by atoms with Crippen molar-refractivity contribution in [2.45, 2.75) is 19.7 Å². The third-order valence-electron chi connectivity index (χ3n) is 0.816. The van der Waals surface area contributed by atoms with Crippen molar-refractivity contribution in [2.24, 2.45) is 0 Å². The first kappa shape index (κ1) is 6.33. The van der Waals surface area contributed by atoms with Gasteiger partial charge in [-0.2, -0.15) is 0 Å². The zero-order valence-electron chi connectivity index (χ0n) is 6.43. The second kappa shape index (κ2) is 5.35. The van der Waals surface area contributed by atoms with Gasteiger partial charge in [-0.05, 0) is 13.3 Å². The molecule has 0 saturated heterocycles. The van der Waals surface area contributed by atoms with Gasteiger partial charge in [-0.1, -0.05) is 6.08 Å². The van der Waals surface area contributed by atoms with Crippen molar-refractivity contribution >= 4 is 5.97 Å². The van der Waals surface area contributed by atoms with Crippen LogP contribution >= 0.6 is 0 Å². The number of esters is 1. The number of hydrogen-bond donors (Lipinski definition) is 0. The third kappa shape index (κ3) is 5.07. The van der Waals surface area contributed by atoms with Gasteiger partial charge in [-0.25, -0.2) is 0 Å². The Kier molecular flexibility index (Phi) is 3.76. The normalized spacial score (nSPS) is 10.0. The Morgan fingerprint density at radius 2 is 2.78 bits per heavy atom. The fraction of sp³-hybridized carbons (Fsp3) is 0.571. The molecule has 0 amide bonds. The van der Waals surface area contributed by atoms with Crippen molar-refractivity contribution in [3.63, 3.8) is 0 Å². The molecule has 2 heteroatoms. The van der Waals surface area contributed by atoms with E-state index in [2.05, 4.69) is 11.3 Å². The zero-order chi connectivity index (χ0) is 7.82. The van der Waals surface area contributed by atoms with Crippen molar-refractivity contribution in [2.75, 3.05) is 6.61 Å². The van der Waals surface area contributed by atoms with Gasteiger partial charge in [0.2, 0.25) is 0 Å². The molecule has 0 bridgehead atoms. The molecule has 0 aliphatic carbocycles. The average Bonchev–Trinajstić information content (AvgIpc) is 1.97. The number of hydrogen-bond acceptors (Lipinski definition) is 2. The van der Waals surface area contributed by atoms with Crippen LogP contribution in [0.4, 0.5) is 0 Å². The number of carbonyl (C=O) groups excluding carboxylic acids is 1. The lowest BCUT2D eigenvalue weighted by Gasteiger charge is -1.96. The SMILES string of the molecule is [3H]CCOC(=O)CCC=C. The molecule has 0 aromatic heterocycles. The Hall–Kier alpha value is -0.790. The van der Waals surface area contributed by atoms with Crippen molar-refractivity contribution < 1.29 is 10.9 Å². The Morgan fingerprint density at radius 3 is 3.33 bits per heavy atom. The summed E-state index contributed by atoms with van der Waals surface area (Å²) in [5.41, 5.74) is 0. The van der Waals surface area contributed by atoms with Crippen LogP contribution in [-0.2, 0) is 9.53 Å². The number of allylic oxidation sites excluding steroid dienone is 1. The summed E-state index contributed by atoms with van der Waals surface area (Å²) >= 11 is 0. The fourth-order valence-electron chi connectivity index (χ4n) is 0.406. The smallest absolute Gasteiger partial charge is 0.306 e. The van der Waals surface area contributed by atoms with Crippen LogP contribution in [0.5, 0.6) is 0 Å². The minimum atomic E-state index is -0.243. The molecule has 0 aliphatic heterocycles. The molecule has 0 saturated carbocycles. The minimum absolute atomic E-state index is 0.139. The van der Waals surface area contributed by atoms with E-state index in [1.165, 1.54) is 0 Å². The molecular weight excluding hydrogens is 116 g/mol. The Bertz CT molecular complexity index is 112. The van der Waals surface area contributed by atoms with E-state index in [4.69, 9.17) is 1.37 Å². The standard InChI is InChI=1S/C7H12O2/c1-3-5-6-7(8)9-4-2/h3H,1,4-6H2,2H3/i2T. The Morgan fingerprint density at radius 1 is 2.00 bits per heavy atom. The molecule has 0 fully saturated rings. The highest BCUT2D eigenvalue weighted by Crippen LogP contribution is 1.91. The highest BCUT2D eigenvalue weighted by atomic mass is 16.5. The van der Waals surface area contributed by atoms with E-state index in [1.807, 2.05) is 0 Å². The van der Waals surface area contributed by atoms with Gasteiger partial charge in [0.05, 0.1) is 6.61 Å². The predicted molar refractivity (Wildman–Crippen MR) is 36.1 cm³/mol. The third-order valence-corrected chi connectivity index (χ3v) is 0.816. The summed E-state index contributed by atoms with van der Waals surface area (Å²) in [6.45, 7) is 3.81. The molecular formula is C7H12O2. The lowest BCUT2D eigenvalue weighted by atomic mass is 10.3. The summed E-state index contributed by atoms with van der Waals surface area (Å²) in [7, 11) is 0. The molecule has 52 valence electrons. The molecule has 0 radical (unpaired) electrons. The Labute approximate surface area is 56.9 Å². The van der Waals surface area contributed by atoms with Gasteiger partial charge >= 0.3 is 5.97 Å². The fourth-order valence-corrected chi connectivity index (χ4v) is 0.406. The summed E-state index contributed by atoms with van der Waals surface area (Å²) in [4.78, 5) is 10.6. The summed E-state index contributed by atoms with van der Waals surface area (Å²) in [5.74, 6) is -0.243. The van der Waals surface area contributed by atoms with Gasteiger partial charge in [-0.15, -0.1) is 6.58 Å². The quantitative estimate of drug-likeness (QED) is 0.426. The van der Waals surface area contributed by atoms with Crippen molar-refractivity contribution in [1.82, 2.24) is 0 Å². The molecule has 0 aromatic rings.